The number of pyridine rings is 1. The molecule has 0 saturated carbocycles. The summed E-state index contributed by atoms with van der Waals surface area (Å²) in [5, 5.41) is 16.8. The number of amidine groups is 2. The number of nitrogens with one attached hydrogen (secondary N) is 1. The van der Waals surface area contributed by atoms with Crippen molar-refractivity contribution in [2.75, 3.05) is 6.61 Å². The molecule has 4 aromatic rings. The molecule has 8 nitrogen and oxygen atoms in total. The van der Waals surface area contributed by atoms with Gasteiger partial charge in [-0.3, -0.25) is 15.2 Å². The van der Waals surface area contributed by atoms with Gasteiger partial charge in [-0.1, -0.05) is 35.9 Å². The molecule has 2 aromatic carbocycles. The highest BCUT2D eigenvalue weighted by Gasteiger charge is 2.36. The van der Waals surface area contributed by atoms with Gasteiger partial charge >= 0.3 is 0 Å². The molecule has 6 rings (SSSR count). The molecule has 1 N–H and O–H groups in total. The predicted octanol–water partition coefficient (Wildman–Crippen LogP) is 5.79. The van der Waals surface area contributed by atoms with E-state index in [0.717, 1.165) is 46.3 Å². The van der Waals surface area contributed by atoms with Crippen molar-refractivity contribution in [1.29, 1.82) is 5.41 Å². The molecule has 194 valence electrons. The Balaban J connectivity index is 1.23. The molecule has 0 bridgehead atoms. The van der Waals surface area contributed by atoms with Gasteiger partial charge in [0.2, 0.25) is 5.17 Å². The zero-order valence-corrected chi connectivity index (χ0v) is 22.4. The van der Waals surface area contributed by atoms with Crippen LogP contribution >= 0.6 is 11.8 Å². The molecule has 4 heterocycles. The summed E-state index contributed by atoms with van der Waals surface area (Å²) in [4.78, 5) is 21.4. The van der Waals surface area contributed by atoms with Crippen molar-refractivity contribution in [3.63, 3.8) is 0 Å². The van der Waals surface area contributed by atoms with E-state index in [0.29, 0.717) is 16.8 Å². The first-order valence-electron chi connectivity index (χ1n) is 12.7. The molecule has 0 saturated heterocycles. The number of hydrogen-bond acceptors (Lipinski definition) is 6. The highest BCUT2D eigenvalue weighted by Crippen LogP contribution is 2.32. The number of aryl methyl sites for hydroxylation is 3. The summed E-state index contributed by atoms with van der Waals surface area (Å²) in [6, 6.07) is 18.0. The molecule has 0 aliphatic carbocycles. The van der Waals surface area contributed by atoms with Gasteiger partial charge in [-0.2, -0.15) is 15.1 Å². The first-order valence-corrected chi connectivity index (χ1v) is 13.5. The number of benzene rings is 2. The van der Waals surface area contributed by atoms with E-state index < -0.39 is 5.91 Å². The Morgan fingerprint density at radius 2 is 1.97 bits per heavy atom. The average Bonchev–Trinajstić information content (AvgIpc) is 3.52. The first-order chi connectivity index (χ1) is 19.0. The Morgan fingerprint density at radius 1 is 1.10 bits per heavy atom. The maximum Gasteiger partial charge on any atom is 0.283 e. The summed E-state index contributed by atoms with van der Waals surface area (Å²) in [6.45, 7) is 5.48. The van der Waals surface area contributed by atoms with Crippen LogP contribution in [0.25, 0.3) is 17.0 Å². The second kappa shape index (κ2) is 10.3. The Kier molecular flexibility index (Phi) is 6.58. The van der Waals surface area contributed by atoms with Crippen molar-refractivity contribution >= 4 is 50.7 Å². The highest BCUT2D eigenvalue weighted by molar-refractivity contribution is 8.27. The largest absolute Gasteiger partial charge is 0.493 e. The lowest BCUT2D eigenvalue weighted by atomic mass is 10.1. The van der Waals surface area contributed by atoms with Crippen molar-refractivity contribution in [1.82, 2.24) is 14.6 Å². The topological polar surface area (TPSA) is 95.9 Å². The Morgan fingerprint density at radius 3 is 2.79 bits per heavy atom. The van der Waals surface area contributed by atoms with Gasteiger partial charge in [-0.05, 0) is 67.9 Å². The van der Waals surface area contributed by atoms with E-state index in [9.17, 15) is 4.79 Å². The van der Waals surface area contributed by atoms with Crippen LogP contribution in [0.3, 0.4) is 0 Å². The van der Waals surface area contributed by atoms with Gasteiger partial charge < -0.3 is 9.30 Å². The van der Waals surface area contributed by atoms with E-state index in [4.69, 9.17) is 10.1 Å². The minimum absolute atomic E-state index is 0.00934. The Hall–Kier alpha value is -4.50. The maximum absolute atomic E-state index is 13.0. The van der Waals surface area contributed by atoms with Crippen LogP contribution in [0.5, 0.6) is 5.75 Å². The third-order valence-electron chi connectivity index (χ3n) is 6.61. The number of aromatic nitrogens is 2. The van der Waals surface area contributed by atoms with E-state index in [-0.39, 0.29) is 11.4 Å². The normalized spacial score (nSPS) is 16.1. The van der Waals surface area contributed by atoms with Crippen molar-refractivity contribution < 1.29 is 9.53 Å². The Bertz CT molecular complexity index is 1700. The molecule has 2 aliphatic heterocycles. The second-order valence-corrected chi connectivity index (χ2v) is 10.4. The molecule has 2 aromatic heterocycles. The first kappa shape index (κ1) is 24.8. The van der Waals surface area contributed by atoms with Crippen LogP contribution in [0, 0.1) is 19.3 Å². The smallest absolute Gasteiger partial charge is 0.283 e. The van der Waals surface area contributed by atoms with Gasteiger partial charge in [0.05, 0.1) is 12.2 Å². The summed E-state index contributed by atoms with van der Waals surface area (Å²) in [6.07, 6.45) is 7.99. The zero-order valence-electron chi connectivity index (χ0n) is 21.6. The standard InChI is InChI=1S/C30H26N6O2S/c1-19-10-11-26(20(2)15-19)38-14-6-13-35-18-22(23-8-3-4-9-25(23)35)16-24-27(31)36-30(33-28(24)37)39-29(34-36)21-7-5-12-32-17-21/h3-5,7-12,15-18,31H,6,13-14H2,1-2H3/b24-16-,31-27?. The lowest BCUT2D eigenvalue weighted by molar-refractivity contribution is -0.114. The number of carbonyl (C=O) groups excluding carboxylic acids is 1. The molecule has 2 aliphatic rings. The van der Waals surface area contributed by atoms with Gasteiger partial charge in [0, 0.05) is 47.2 Å². The summed E-state index contributed by atoms with van der Waals surface area (Å²) in [7, 11) is 0. The van der Waals surface area contributed by atoms with Crippen LogP contribution in [-0.2, 0) is 11.3 Å². The monoisotopic (exact) mass is 534 g/mol. The number of fused-ring (bicyclic) bond motifs is 2. The van der Waals surface area contributed by atoms with Gasteiger partial charge in [0.25, 0.3) is 5.91 Å². The van der Waals surface area contributed by atoms with Crippen LogP contribution in [0.4, 0.5) is 0 Å². The van der Waals surface area contributed by atoms with E-state index in [1.165, 1.54) is 22.3 Å². The molecule has 9 heteroatoms. The molecule has 39 heavy (non-hydrogen) atoms. The number of aliphatic imine (C=N–C) groups is 1. The van der Waals surface area contributed by atoms with Crippen LogP contribution in [0.1, 0.15) is 28.7 Å². The van der Waals surface area contributed by atoms with Crippen LogP contribution in [0.15, 0.2) is 88.9 Å². The minimum Gasteiger partial charge on any atom is -0.493 e. The third-order valence-corrected chi connectivity index (χ3v) is 7.57. The summed E-state index contributed by atoms with van der Waals surface area (Å²) >= 11 is 1.26. The maximum atomic E-state index is 13.0. The molecule has 0 unspecified atom stereocenters. The SMILES string of the molecule is Cc1ccc(OCCCn2cc(/C=C3/C(=N)N4N=C(c5cccnc5)SC4=NC3=O)c3ccccc32)c(C)c1. The number of hydrazone groups is 1. The molecular formula is C30H26N6O2S. The van der Waals surface area contributed by atoms with E-state index in [1.807, 2.05) is 42.6 Å². The fourth-order valence-electron chi connectivity index (χ4n) is 4.71. The number of nitrogens with zero attached hydrogens (tertiary/aromatic N) is 5. The van der Waals surface area contributed by atoms with Crippen molar-refractivity contribution in [3.8, 4) is 5.75 Å². The molecular weight excluding hydrogens is 508 g/mol. The quantitative estimate of drug-likeness (QED) is 0.239. The number of hydrogen-bond donors (Lipinski definition) is 1. The minimum atomic E-state index is -0.444. The van der Waals surface area contributed by atoms with E-state index >= 15 is 0 Å². The van der Waals surface area contributed by atoms with Gasteiger partial charge in [0.1, 0.15) is 10.8 Å². The number of ether oxygens (including phenoxy) is 1. The van der Waals surface area contributed by atoms with Gasteiger partial charge in [-0.25, -0.2) is 0 Å². The predicted molar refractivity (Wildman–Crippen MR) is 156 cm³/mol. The molecule has 0 atom stereocenters. The average molecular weight is 535 g/mol. The van der Waals surface area contributed by atoms with Gasteiger partial charge in [0.15, 0.2) is 5.84 Å². The fourth-order valence-corrected chi connectivity index (χ4v) is 5.59. The Labute approximate surface area is 230 Å². The van der Waals surface area contributed by atoms with Crippen molar-refractivity contribution in [2.45, 2.75) is 26.8 Å². The zero-order chi connectivity index (χ0) is 26.9. The van der Waals surface area contributed by atoms with Crippen LogP contribution < -0.4 is 4.74 Å². The number of thioether (sulfide) groups is 1. The number of rotatable bonds is 7. The van der Waals surface area contributed by atoms with Crippen molar-refractivity contribution in [2.24, 2.45) is 10.1 Å². The van der Waals surface area contributed by atoms with E-state index in [2.05, 4.69) is 51.7 Å². The molecule has 0 spiro atoms. The third kappa shape index (κ3) is 4.88. The van der Waals surface area contributed by atoms with E-state index in [1.54, 1.807) is 18.5 Å². The number of para-hydroxylation sites is 1. The molecule has 0 radical (unpaired) electrons. The fraction of sp³-hybridized carbons (Fsp3) is 0.167. The highest BCUT2D eigenvalue weighted by atomic mass is 32.2. The number of amides is 1. The summed E-state index contributed by atoms with van der Waals surface area (Å²) in [5.74, 6) is 0.474. The summed E-state index contributed by atoms with van der Waals surface area (Å²) in [5.41, 5.74) is 5.29. The lowest BCUT2D eigenvalue weighted by Gasteiger charge is -2.20. The van der Waals surface area contributed by atoms with Crippen molar-refractivity contribution in [3.05, 3.63) is 101 Å². The number of carbonyl (C=O) groups is 1. The molecule has 0 fully saturated rings. The lowest BCUT2D eigenvalue weighted by Crippen LogP contribution is -2.35. The second-order valence-electron chi connectivity index (χ2n) is 9.43. The van der Waals surface area contributed by atoms with Crippen LogP contribution in [0.2, 0.25) is 0 Å². The van der Waals surface area contributed by atoms with Crippen LogP contribution in [-0.4, -0.2) is 43.1 Å². The summed E-state index contributed by atoms with van der Waals surface area (Å²) < 4.78 is 8.20. The molecule has 1 amide bonds. The van der Waals surface area contributed by atoms with Gasteiger partial charge in [-0.15, -0.1) is 0 Å².